The molecule has 1 saturated carbocycles. The van der Waals surface area contributed by atoms with Gasteiger partial charge in [0, 0.05) is 6.42 Å². The van der Waals surface area contributed by atoms with Crippen LogP contribution in [0.3, 0.4) is 0 Å². The number of esters is 1. The summed E-state index contributed by atoms with van der Waals surface area (Å²) in [4.78, 5) is 10.6. The number of hydrogen-bond donors (Lipinski definition) is 0. The molecule has 0 heterocycles. The van der Waals surface area contributed by atoms with Crippen molar-refractivity contribution in [2.45, 2.75) is 19.3 Å². The molecule has 0 spiro atoms. The Morgan fingerprint density at radius 2 is 2.44 bits per heavy atom. The molecule has 1 fully saturated rings. The molecule has 0 bridgehead atoms. The monoisotopic (exact) mass is 126 g/mol. The van der Waals surface area contributed by atoms with Gasteiger partial charge in [-0.1, -0.05) is 6.58 Å². The molecule has 0 aromatic rings. The molecule has 1 aliphatic carbocycles. The van der Waals surface area contributed by atoms with Gasteiger partial charge in [0.05, 0.1) is 6.26 Å². The van der Waals surface area contributed by atoms with E-state index in [1.807, 2.05) is 0 Å². The summed E-state index contributed by atoms with van der Waals surface area (Å²) in [7, 11) is 0. The Labute approximate surface area is 54.5 Å². The van der Waals surface area contributed by atoms with E-state index in [9.17, 15) is 4.79 Å². The van der Waals surface area contributed by atoms with Crippen molar-refractivity contribution in [1.29, 1.82) is 0 Å². The van der Waals surface area contributed by atoms with Gasteiger partial charge < -0.3 is 4.74 Å². The average Bonchev–Trinajstić information content (AvgIpc) is 2.50. The zero-order valence-electron chi connectivity index (χ0n) is 5.30. The van der Waals surface area contributed by atoms with E-state index in [4.69, 9.17) is 0 Å². The Morgan fingerprint density at radius 3 is 2.89 bits per heavy atom. The number of rotatable bonds is 3. The van der Waals surface area contributed by atoms with Gasteiger partial charge in [-0.2, -0.15) is 0 Å². The van der Waals surface area contributed by atoms with Crippen LogP contribution in [0, 0.1) is 5.92 Å². The van der Waals surface area contributed by atoms with Crippen molar-refractivity contribution in [2.75, 3.05) is 0 Å². The van der Waals surface area contributed by atoms with Crippen molar-refractivity contribution in [1.82, 2.24) is 0 Å². The van der Waals surface area contributed by atoms with E-state index in [-0.39, 0.29) is 5.97 Å². The summed E-state index contributed by atoms with van der Waals surface area (Å²) < 4.78 is 4.52. The van der Waals surface area contributed by atoms with Crippen LogP contribution in [0.4, 0.5) is 0 Å². The van der Waals surface area contributed by atoms with Crippen molar-refractivity contribution in [2.24, 2.45) is 5.92 Å². The van der Waals surface area contributed by atoms with Crippen LogP contribution >= 0.6 is 0 Å². The van der Waals surface area contributed by atoms with Crippen molar-refractivity contribution >= 4 is 5.97 Å². The van der Waals surface area contributed by atoms with Crippen molar-refractivity contribution in [3.63, 3.8) is 0 Å². The quantitative estimate of drug-likeness (QED) is 0.423. The molecule has 0 aliphatic heterocycles. The van der Waals surface area contributed by atoms with Gasteiger partial charge in [-0.3, -0.25) is 4.79 Å². The van der Waals surface area contributed by atoms with E-state index in [1.54, 1.807) is 0 Å². The summed E-state index contributed by atoms with van der Waals surface area (Å²) in [6, 6.07) is 0. The first-order valence-corrected chi connectivity index (χ1v) is 3.13. The maximum atomic E-state index is 10.6. The fourth-order valence-corrected chi connectivity index (χ4v) is 0.699. The third-order valence-corrected chi connectivity index (χ3v) is 1.37. The number of ether oxygens (including phenoxy) is 1. The van der Waals surface area contributed by atoms with E-state index in [1.165, 1.54) is 19.1 Å². The van der Waals surface area contributed by atoms with E-state index in [2.05, 4.69) is 11.3 Å². The molecule has 0 atom stereocenters. The molecule has 0 radical (unpaired) electrons. The van der Waals surface area contributed by atoms with Gasteiger partial charge in [0.2, 0.25) is 0 Å². The van der Waals surface area contributed by atoms with E-state index in [0.29, 0.717) is 12.3 Å². The highest BCUT2D eigenvalue weighted by molar-refractivity contribution is 5.70. The third-order valence-electron chi connectivity index (χ3n) is 1.37. The topological polar surface area (TPSA) is 26.3 Å². The lowest BCUT2D eigenvalue weighted by Crippen LogP contribution is -1.99. The predicted molar refractivity (Wildman–Crippen MR) is 33.6 cm³/mol. The Kier molecular flexibility index (Phi) is 1.88. The molecule has 0 aromatic carbocycles. The van der Waals surface area contributed by atoms with Crippen LogP contribution in [0.25, 0.3) is 0 Å². The standard InChI is InChI=1S/C7H10O2/c1-2-9-7(8)5-6-3-4-6/h2,6H,1,3-5H2. The van der Waals surface area contributed by atoms with E-state index in [0.717, 1.165) is 0 Å². The Bertz CT molecular complexity index is 125. The first kappa shape index (κ1) is 6.33. The Hall–Kier alpha value is -0.790. The maximum absolute atomic E-state index is 10.6. The number of hydrogen-bond acceptors (Lipinski definition) is 2. The Balaban J connectivity index is 2.09. The van der Waals surface area contributed by atoms with Gasteiger partial charge in [0.1, 0.15) is 0 Å². The molecular weight excluding hydrogens is 116 g/mol. The predicted octanol–water partition coefficient (Wildman–Crippen LogP) is 1.47. The molecule has 0 saturated heterocycles. The first-order chi connectivity index (χ1) is 4.33. The zero-order chi connectivity index (χ0) is 6.69. The van der Waals surface area contributed by atoms with Gasteiger partial charge in [-0.05, 0) is 18.8 Å². The highest BCUT2D eigenvalue weighted by Gasteiger charge is 2.24. The molecular formula is C7H10O2. The lowest BCUT2D eigenvalue weighted by atomic mass is 10.3. The lowest BCUT2D eigenvalue weighted by Gasteiger charge is -1.93. The third kappa shape index (κ3) is 2.31. The summed E-state index contributed by atoms with van der Waals surface area (Å²) in [5.74, 6) is 0.463. The van der Waals surface area contributed by atoms with Gasteiger partial charge in [-0.25, -0.2) is 0 Å². The second kappa shape index (κ2) is 2.67. The SMILES string of the molecule is C=COC(=O)CC1CC1. The van der Waals surface area contributed by atoms with Crippen LogP contribution in [0.15, 0.2) is 12.8 Å². The fraction of sp³-hybridized carbons (Fsp3) is 0.571. The smallest absolute Gasteiger partial charge is 0.310 e. The zero-order valence-corrected chi connectivity index (χ0v) is 5.30. The summed E-state index contributed by atoms with van der Waals surface area (Å²) in [5.41, 5.74) is 0. The minimum atomic E-state index is -0.146. The average molecular weight is 126 g/mol. The van der Waals surface area contributed by atoms with Gasteiger partial charge >= 0.3 is 5.97 Å². The van der Waals surface area contributed by atoms with Gasteiger partial charge in [0.15, 0.2) is 0 Å². The minimum Gasteiger partial charge on any atom is -0.435 e. The second-order valence-corrected chi connectivity index (χ2v) is 2.30. The molecule has 0 aromatic heterocycles. The van der Waals surface area contributed by atoms with E-state index < -0.39 is 0 Å². The van der Waals surface area contributed by atoms with Crippen molar-refractivity contribution in [3.05, 3.63) is 12.8 Å². The fourth-order valence-electron chi connectivity index (χ4n) is 0.699. The second-order valence-electron chi connectivity index (χ2n) is 2.30. The summed E-state index contributed by atoms with van der Waals surface area (Å²) in [5, 5.41) is 0. The molecule has 0 unspecified atom stereocenters. The molecule has 0 amide bonds. The van der Waals surface area contributed by atoms with Crippen LogP contribution in [-0.4, -0.2) is 5.97 Å². The number of carbonyl (C=O) groups excluding carboxylic acids is 1. The van der Waals surface area contributed by atoms with Crippen LogP contribution in [0.5, 0.6) is 0 Å². The van der Waals surface area contributed by atoms with Gasteiger partial charge in [-0.15, -0.1) is 0 Å². The minimum absolute atomic E-state index is 0.146. The molecule has 2 heteroatoms. The molecule has 50 valence electrons. The molecule has 2 nitrogen and oxygen atoms in total. The summed E-state index contributed by atoms with van der Waals surface area (Å²) in [6.45, 7) is 3.29. The normalized spacial score (nSPS) is 16.9. The Morgan fingerprint density at radius 1 is 1.78 bits per heavy atom. The van der Waals surface area contributed by atoms with Crippen molar-refractivity contribution < 1.29 is 9.53 Å². The molecule has 9 heavy (non-hydrogen) atoms. The highest BCUT2D eigenvalue weighted by Crippen LogP contribution is 2.32. The summed E-state index contributed by atoms with van der Waals surface area (Å²) >= 11 is 0. The lowest BCUT2D eigenvalue weighted by molar-refractivity contribution is -0.138. The summed E-state index contributed by atoms with van der Waals surface area (Å²) in [6.07, 6.45) is 4.13. The molecule has 1 aliphatic rings. The number of carbonyl (C=O) groups is 1. The van der Waals surface area contributed by atoms with Crippen molar-refractivity contribution in [3.8, 4) is 0 Å². The molecule has 1 rings (SSSR count). The van der Waals surface area contributed by atoms with Gasteiger partial charge in [0.25, 0.3) is 0 Å². The van der Waals surface area contributed by atoms with Crippen LogP contribution in [-0.2, 0) is 9.53 Å². The molecule has 0 N–H and O–H groups in total. The largest absolute Gasteiger partial charge is 0.435 e. The van der Waals surface area contributed by atoms with Crippen LogP contribution in [0.2, 0.25) is 0 Å². The maximum Gasteiger partial charge on any atom is 0.310 e. The van der Waals surface area contributed by atoms with Crippen LogP contribution < -0.4 is 0 Å². The van der Waals surface area contributed by atoms with Crippen LogP contribution in [0.1, 0.15) is 19.3 Å². The first-order valence-electron chi connectivity index (χ1n) is 3.13. The highest BCUT2D eigenvalue weighted by atomic mass is 16.5. The van der Waals surface area contributed by atoms with E-state index >= 15 is 0 Å².